The maximum absolute atomic E-state index is 12.6. The summed E-state index contributed by atoms with van der Waals surface area (Å²) in [4.78, 5) is 45.8. The second kappa shape index (κ2) is 37.4. The number of phosphoric ester groups is 1. The van der Waals surface area contributed by atoms with E-state index in [1.807, 2.05) is 0 Å². The predicted molar refractivity (Wildman–Crippen MR) is 217 cm³/mol. The van der Waals surface area contributed by atoms with Crippen LogP contribution in [-0.4, -0.2) is 59.9 Å². The number of aliphatic carboxylic acids is 1. The molecule has 0 fully saturated rings. The third-order valence-corrected chi connectivity index (χ3v) is 9.50. The molecular weight excluding hydrogens is 709 g/mol. The van der Waals surface area contributed by atoms with Gasteiger partial charge in [-0.2, -0.15) is 0 Å². The first-order chi connectivity index (χ1) is 26.1. The number of carbonyl (C=O) groups excluding carboxylic acids is 2. The average molecular weight is 784 g/mol. The van der Waals surface area contributed by atoms with Crippen LogP contribution >= 0.6 is 7.82 Å². The highest BCUT2D eigenvalue weighted by Crippen LogP contribution is 2.43. The lowest BCUT2D eigenvalue weighted by molar-refractivity contribution is -0.161. The van der Waals surface area contributed by atoms with Gasteiger partial charge in [0.15, 0.2) is 6.10 Å². The molecule has 1 unspecified atom stereocenters. The normalized spacial score (nSPS) is 14.3. The van der Waals surface area contributed by atoms with Crippen LogP contribution in [0.2, 0.25) is 0 Å². The molecule has 0 saturated carbocycles. The molecule has 3 atom stereocenters. The van der Waals surface area contributed by atoms with Crippen LogP contribution in [0.25, 0.3) is 0 Å². The number of unbranched alkanes of at least 4 members (excludes halogenated alkanes) is 16. The molecule has 0 heterocycles. The van der Waals surface area contributed by atoms with Gasteiger partial charge in [0.05, 0.1) is 13.2 Å². The van der Waals surface area contributed by atoms with Crippen LogP contribution < -0.4 is 5.73 Å². The monoisotopic (exact) mass is 784 g/mol. The number of carbonyl (C=O) groups is 3. The highest BCUT2D eigenvalue weighted by atomic mass is 31.2. The first-order valence-corrected chi connectivity index (χ1v) is 22.2. The summed E-state index contributed by atoms with van der Waals surface area (Å²) in [7, 11) is -4.72. The van der Waals surface area contributed by atoms with E-state index in [4.69, 9.17) is 24.8 Å². The van der Waals surface area contributed by atoms with Crippen molar-refractivity contribution in [1.29, 1.82) is 0 Å². The maximum Gasteiger partial charge on any atom is 0.472 e. The Bertz CT molecular complexity index is 1110. The molecule has 0 saturated heterocycles. The zero-order valence-corrected chi connectivity index (χ0v) is 34.4. The molecule has 12 heteroatoms. The van der Waals surface area contributed by atoms with Crippen molar-refractivity contribution in [3.63, 3.8) is 0 Å². The Hall–Kier alpha value is -2.56. The number of nitrogens with two attached hydrogens (primary N) is 1. The number of esters is 2. The third-order valence-electron chi connectivity index (χ3n) is 8.55. The SMILES string of the molecule is CCCCCC=CCC=CCC=CCCCCCCC(=O)O[C@H](COC(=O)CCCCCCCC=CCCCCCC)COP(=O)(O)OC[C@H](N)C(=O)O. The van der Waals surface area contributed by atoms with Crippen molar-refractivity contribution >= 4 is 25.7 Å². The number of hydrogen-bond donors (Lipinski definition) is 3. The summed E-state index contributed by atoms with van der Waals surface area (Å²) in [6, 6.07) is -1.53. The fraction of sp³-hybridized carbons (Fsp3) is 0.738. The Morgan fingerprint density at radius 2 is 0.981 bits per heavy atom. The molecule has 0 bridgehead atoms. The second-order valence-electron chi connectivity index (χ2n) is 13.8. The van der Waals surface area contributed by atoms with Gasteiger partial charge in [-0.25, -0.2) is 4.57 Å². The van der Waals surface area contributed by atoms with E-state index in [0.717, 1.165) is 83.5 Å². The van der Waals surface area contributed by atoms with Gasteiger partial charge < -0.3 is 25.2 Å². The van der Waals surface area contributed by atoms with E-state index < -0.39 is 51.1 Å². The van der Waals surface area contributed by atoms with Crippen molar-refractivity contribution < 1.29 is 47.5 Å². The summed E-state index contributed by atoms with van der Waals surface area (Å²) in [6.07, 6.45) is 40.3. The van der Waals surface area contributed by atoms with Gasteiger partial charge in [0.25, 0.3) is 0 Å². The van der Waals surface area contributed by atoms with Gasteiger partial charge in [0, 0.05) is 12.8 Å². The number of ether oxygens (including phenoxy) is 2. The number of carboxylic acid groups (broad SMARTS) is 1. The number of phosphoric acid groups is 1. The molecule has 0 aromatic carbocycles. The van der Waals surface area contributed by atoms with Crippen LogP contribution in [0.4, 0.5) is 0 Å². The number of carboxylic acids is 1. The minimum atomic E-state index is -4.72. The van der Waals surface area contributed by atoms with Gasteiger partial charge in [0.2, 0.25) is 0 Å². The molecule has 4 N–H and O–H groups in total. The number of rotatable bonds is 38. The Kier molecular flexibility index (Phi) is 35.6. The van der Waals surface area contributed by atoms with Crippen LogP contribution in [0.15, 0.2) is 48.6 Å². The zero-order valence-electron chi connectivity index (χ0n) is 33.6. The molecule has 0 aliphatic heterocycles. The molecule has 54 heavy (non-hydrogen) atoms. The molecule has 0 radical (unpaired) electrons. The molecule has 0 aliphatic rings. The van der Waals surface area contributed by atoms with Crippen LogP contribution in [0.1, 0.15) is 168 Å². The Morgan fingerprint density at radius 1 is 0.574 bits per heavy atom. The Morgan fingerprint density at radius 3 is 1.52 bits per heavy atom. The zero-order chi connectivity index (χ0) is 40.0. The summed E-state index contributed by atoms with van der Waals surface area (Å²) in [5, 5.41) is 8.87. The van der Waals surface area contributed by atoms with Crippen molar-refractivity contribution in [2.75, 3.05) is 19.8 Å². The van der Waals surface area contributed by atoms with Crippen molar-refractivity contribution in [3.8, 4) is 0 Å². The average Bonchev–Trinajstić information content (AvgIpc) is 3.14. The number of allylic oxidation sites excluding steroid dienone is 8. The highest BCUT2D eigenvalue weighted by Gasteiger charge is 2.28. The van der Waals surface area contributed by atoms with Gasteiger partial charge >= 0.3 is 25.7 Å². The Balaban J connectivity index is 4.46. The maximum atomic E-state index is 12.6. The van der Waals surface area contributed by atoms with E-state index in [0.29, 0.717) is 12.8 Å². The Labute approximate surface area is 326 Å². The lowest BCUT2D eigenvalue weighted by Gasteiger charge is -2.20. The first-order valence-electron chi connectivity index (χ1n) is 20.7. The largest absolute Gasteiger partial charge is 0.480 e. The summed E-state index contributed by atoms with van der Waals surface area (Å²) < 4.78 is 32.6. The van der Waals surface area contributed by atoms with E-state index in [9.17, 15) is 23.8 Å². The third kappa shape index (κ3) is 36.4. The molecule has 0 rings (SSSR count). The van der Waals surface area contributed by atoms with Gasteiger partial charge in [-0.1, -0.05) is 127 Å². The van der Waals surface area contributed by atoms with Gasteiger partial charge in [-0.3, -0.25) is 23.4 Å². The van der Waals surface area contributed by atoms with Crippen molar-refractivity contribution in [2.45, 2.75) is 180 Å². The molecule has 0 aromatic heterocycles. The molecule has 0 amide bonds. The molecule has 0 aliphatic carbocycles. The summed E-state index contributed by atoms with van der Waals surface area (Å²) in [5.74, 6) is -2.42. The fourth-order valence-corrected chi connectivity index (χ4v) is 6.02. The fourth-order valence-electron chi connectivity index (χ4n) is 5.24. The van der Waals surface area contributed by atoms with Crippen LogP contribution in [-0.2, 0) is 37.5 Å². The summed E-state index contributed by atoms with van der Waals surface area (Å²) >= 11 is 0. The van der Waals surface area contributed by atoms with E-state index in [2.05, 4.69) is 67.0 Å². The summed E-state index contributed by atoms with van der Waals surface area (Å²) in [6.45, 7) is 2.71. The standard InChI is InChI=1S/C42H74NO10P/c1-3-5-7-9-11-13-15-17-18-19-20-22-24-26-28-30-32-34-41(45)53-38(36-51-54(48,49)52-37-39(43)42(46)47)35-50-40(44)33-31-29-27-25-23-21-16-14-12-10-8-6-4-2/h11,13-14,16-18,20,22,38-39H,3-10,12,15,19,21,23-37,43H2,1-2H3,(H,46,47)(H,48,49)/t38-,39+/m1/s1. The molecule has 312 valence electrons. The highest BCUT2D eigenvalue weighted by molar-refractivity contribution is 7.47. The van der Waals surface area contributed by atoms with Gasteiger partial charge in [0.1, 0.15) is 12.6 Å². The van der Waals surface area contributed by atoms with Crippen LogP contribution in [0.5, 0.6) is 0 Å². The molecular formula is C42H74NO10P. The van der Waals surface area contributed by atoms with Crippen molar-refractivity contribution in [1.82, 2.24) is 0 Å². The topological polar surface area (TPSA) is 172 Å². The van der Waals surface area contributed by atoms with Crippen molar-refractivity contribution in [3.05, 3.63) is 48.6 Å². The second-order valence-corrected chi connectivity index (χ2v) is 15.2. The van der Waals surface area contributed by atoms with Gasteiger partial charge in [-0.15, -0.1) is 0 Å². The summed E-state index contributed by atoms with van der Waals surface area (Å²) in [5.41, 5.74) is 5.32. The van der Waals surface area contributed by atoms with E-state index >= 15 is 0 Å². The quantitative estimate of drug-likeness (QED) is 0.0235. The van der Waals surface area contributed by atoms with E-state index in [-0.39, 0.29) is 19.4 Å². The lowest BCUT2D eigenvalue weighted by Crippen LogP contribution is -2.34. The minimum Gasteiger partial charge on any atom is -0.480 e. The van der Waals surface area contributed by atoms with E-state index in [1.54, 1.807) is 0 Å². The first kappa shape index (κ1) is 51.4. The smallest absolute Gasteiger partial charge is 0.472 e. The van der Waals surface area contributed by atoms with Crippen LogP contribution in [0.3, 0.4) is 0 Å². The molecule has 11 nitrogen and oxygen atoms in total. The van der Waals surface area contributed by atoms with E-state index in [1.165, 1.54) is 44.9 Å². The minimum absolute atomic E-state index is 0.133. The number of hydrogen-bond acceptors (Lipinski definition) is 9. The lowest BCUT2D eigenvalue weighted by atomic mass is 10.1. The molecule has 0 aromatic rings. The predicted octanol–water partition coefficient (Wildman–Crippen LogP) is 10.6. The van der Waals surface area contributed by atoms with Gasteiger partial charge in [-0.05, 0) is 77.0 Å². The molecule has 0 spiro atoms. The van der Waals surface area contributed by atoms with Crippen LogP contribution in [0, 0.1) is 0 Å². The van der Waals surface area contributed by atoms with Crippen molar-refractivity contribution in [2.24, 2.45) is 5.73 Å².